The van der Waals surface area contributed by atoms with Crippen LogP contribution < -0.4 is 5.73 Å². The van der Waals surface area contributed by atoms with E-state index in [0.717, 1.165) is 12.8 Å². The average molecular weight is 172 g/mol. The Labute approximate surface area is 72.6 Å². The van der Waals surface area contributed by atoms with E-state index in [4.69, 9.17) is 15.9 Å². The van der Waals surface area contributed by atoms with Crippen molar-refractivity contribution >= 4 is 11.8 Å². The molecule has 0 aromatic carbocycles. The van der Waals surface area contributed by atoms with Gasteiger partial charge in [0.05, 0.1) is 6.61 Å². The van der Waals surface area contributed by atoms with Crippen LogP contribution in [0.2, 0.25) is 0 Å². The standard InChI is InChI=1S/C8H16N2O2/c1-3-4-5-12-8(10)6(2)7(9)11/h6,10H,3-5H2,1-2H3,(H2,9,11). The van der Waals surface area contributed by atoms with Gasteiger partial charge in [-0.25, -0.2) is 0 Å². The number of nitrogens with one attached hydrogen (secondary N) is 1. The molecule has 0 fully saturated rings. The molecular formula is C8H16N2O2. The van der Waals surface area contributed by atoms with Crippen LogP contribution in [0.1, 0.15) is 26.7 Å². The van der Waals surface area contributed by atoms with Crippen molar-refractivity contribution in [3.63, 3.8) is 0 Å². The molecule has 0 saturated carbocycles. The Bertz CT molecular complexity index is 168. The average Bonchev–Trinajstić information content (AvgIpc) is 2.03. The van der Waals surface area contributed by atoms with Crippen LogP contribution >= 0.6 is 0 Å². The first-order valence-corrected chi connectivity index (χ1v) is 4.10. The molecule has 0 radical (unpaired) electrons. The quantitative estimate of drug-likeness (QED) is 0.367. The van der Waals surface area contributed by atoms with Crippen LogP contribution in [0, 0.1) is 11.3 Å². The molecule has 4 nitrogen and oxygen atoms in total. The summed E-state index contributed by atoms with van der Waals surface area (Å²) >= 11 is 0. The Morgan fingerprint density at radius 2 is 2.25 bits per heavy atom. The van der Waals surface area contributed by atoms with Gasteiger partial charge in [-0.15, -0.1) is 0 Å². The highest BCUT2D eigenvalue weighted by atomic mass is 16.5. The molecule has 1 amide bonds. The highest BCUT2D eigenvalue weighted by Crippen LogP contribution is 1.99. The molecule has 0 aliphatic carbocycles. The molecule has 0 rings (SSSR count). The van der Waals surface area contributed by atoms with Crippen molar-refractivity contribution < 1.29 is 9.53 Å². The zero-order chi connectivity index (χ0) is 9.56. The van der Waals surface area contributed by atoms with Crippen LogP contribution in [0.3, 0.4) is 0 Å². The lowest BCUT2D eigenvalue weighted by atomic mass is 10.2. The van der Waals surface area contributed by atoms with E-state index in [1.54, 1.807) is 6.92 Å². The highest BCUT2D eigenvalue weighted by Gasteiger charge is 2.15. The van der Waals surface area contributed by atoms with Crippen LogP contribution in [-0.2, 0) is 9.53 Å². The fourth-order valence-electron chi connectivity index (χ4n) is 0.581. The predicted molar refractivity (Wildman–Crippen MR) is 46.9 cm³/mol. The van der Waals surface area contributed by atoms with E-state index in [0.29, 0.717) is 6.61 Å². The van der Waals surface area contributed by atoms with E-state index in [9.17, 15) is 4.79 Å². The number of primary amides is 1. The van der Waals surface area contributed by atoms with Crippen LogP contribution in [-0.4, -0.2) is 18.4 Å². The third-order valence-corrected chi connectivity index (χ3v) is 1.58. The van der Waals surface area contributed by atoms with Gasteiger partial charge in [0, 0.05) is 0 Å². The van der Waals surface area contributed by atoms with Gasteiger partial charge in [-0.3, -0.25) is 10.2 Å². The van der Waals surface area contributed by atoms with E-state index < -0.39 is 11.8 Å². The summed E-state index contributed by atoms with van der Waals surface area (Å²) in [5.41, 5.74) is 4.98. The molecule has 0 aromatic heterocycles. The van der Waals surface area contributed by atoms with Gasteiger partial charge in [0.1, 0.15) is 5.92 Å². The smallest absolute Gasteiger partial charge is 0.229 e. The van der Waals surface area contributed by atoms with E-state index in [-0.39, 0.29) is 5.90 Å². The maximum absolute atomic E-state index is 10.6. The van der Waals surface area contributed by atoms with Crippen molar-refractivity contribution in [2.45, 2.75) is 26.7 Å². The SMILES string of the molecule is CCCCOC(=N)C(C)C(N)=O. The van der Waals surface area contributed by atoms with Crippen molar-refractivity contribution in [3.8, 4) is 0 Å². The van der Waals surface area contributed by atoms with Crippen LogP contribution in [0.4, 0.5) is 0 Å². The van der Waals surface area contributed by atoms with Crippen molar-refractivity contribution in [2.75, 3.05) is 6.61 Å². The molecule has 1 unspecified atom stereocenters. The normalized spacial score (nSPS) is 12.2. The van der Waals surface area contributed by atoms with Crippen molar-refractivity contribution in [2.24, 2.45) is 11.7 Å². The molecule has 0 saturated heterocycles. The Hall–Kier alpha value is -1.06. The number of hydrogen-bond donors (Lipinski definition) is 2. The third-order valence-electron chi connectivity index (χ3n) is 1.58. The molecule has 12 heavy (non-hydrogen) atoms. The summed E-state index contributed by atoms with van der Waals surface area (Å²) in [6.07, 6.45) is 1.91. The maximum Gasteiger partial charge on any atom is 0.229 e. The van der Waals surface area contributed by atoms with Gasteiger partial charge in [-0.2, -0.15) is 0 Å². The molecule has 0 aliphatic rings. The van der Waals surface area contributed by atoms with Gasteiger partial charge in [0.25, 0.3) is 0 Å². The topological polar surface area (TPSA) is 76.2 Å². The molecule has 0 aromatic rings. The number of rotatable bonds is 5. The van der Waals surface area contributed by atoms with E-state index in [1.165, 1.54) is 0 Å². The van der Waals surface area contributed by atoms with E-state index in [2.05, 4.69) is 0 Å². The Kier molecular flexibility index (Phi) is 5.08. The van der Waals surface area contributed by atoms with Gasteiger partial charge in [0.2, 0.25) is 5.91 Å². The number of hydrogen-bond acceptors (Lipinski definition) is 3. The van der Waals surface area contributed by atoms with Gasteiger partial charge in [-0.05, 0) is 13.3 Å². The summed E-state index contributed by atoms with van der Waals surface area (Å²) in [4.78, 5) is 10.6. The monoisotopic (exact) mass is 172 g/mol. The lowest BCUT2D eigenvalue weighted by Crippen LogP contribution is -2.29. The predicted octanol–water partition coefficient (Wildman–Crippen LogP) is 0.902. The zero-order valence-electron chi connectivity index (χ0n) is 7.59. The van der Waals surface area contributed by atoms with Gasteiger partial charge in [0.15, 0.2) is 5.90 Å². The summed E-state index contributed by atoms with van der Waals surface area (Å²) in [6, 6.07) is 0. The number of carbonyl (C=O) groups is 1. The minimum Gasteiger partial charge on any atom is -0.481 e. The molecular weight excluding hydrogens is 156 g/mol. The Morgan fingerprint density at radius 1 is 1.67 bits per heavy atom. The molecule has 70 valence electrons. The molecule has 0 bridgehead atoms. The van der Waals surface area contributed by atoms with Crippen molar-refractivity contribution in [1.29, 1.82) is 5.41 Å². The number of unbranched alkanes of at least 4 members (excludes halogenated alkanes) is 1. The summed E-state index contributed by atoms with van der Waals surface area (Å²) in [6.45, 7) is 4.09. The van der Waals surface area contributed by atoms with E-state index in [1.807, 2.05) is 6.92 Å². The van der Waals surface area contributed by atoms with Crippen LogP contribution in [0.15, 0.2) is 0 Å². The van der Waals surface area contributed by atoms with Crippen molar-refractivity contribution in [1.82, 2.24) is 0 Å². The molecule has 0 heterocycles. The minimum atomic E-state index is -0.609. The van der Waals surface area contributed by atoms with Crippen LogP contribution in [0.5, 0.6) is 0 Å². The number of carbonyl (C=O) groups excluding carboxylic acids is 1. The second-order valence-corrected chi connectivity index (χ2v) is 2.69. The fraction of sp³-hybridized carbons (Fsp3) is 0.750. The van der Waals surface area contributed by atoms with Gasteiger partial charge < -0.3 is 10.5 Å². The maximum atomic E-state index is 10.6. The molecule has 0 spiro atoms. The summed E-state index contributed by atoms with van der Waals surface area (Å²) < 4.78 is 4.99. The van der Waals surface area contributed by atoms with Gasteiger partial charge >= 0.3 is 0 Å². The van der Waals surface area contributed by atoms with Crippen LogP contribution in [0.25, 0.3) is 0 Å². The summed E-state index contributed by atoms with van der Waals surface area (Å²) in [5.74, 6) is -1.16. The molecule has 4 heteroatoms. The number of nitrogens with two attached hydrogens (primary N) is 1. The molecule has 3 N–H and O–H groups in total. The zero-order valence-corrected chi connectivity index (χ0v) is 7.59. The van der Waals surface area contributed by atoms with E-state index >= 15 is 0 Å². The number of ether oxygens (including phenoxy) is 1. The lowest BCUT2D eigenvalue weighted by Gasteiger charge is -2.10. The fourth-order valence-corrected chi connectivity index (χ4v) is 0.581. The number of amides is 1. The molecule has 1 atom stereocenters. The first-order chi connectivity index (χ1) is 5.59. The first kappa shape index (κ1) is 10.9. The first-order valence-electron chi connectivity index (χ1n) is 4.10. The Balaban J connectivity index is 3.65. The lowest BCUT2D eigenvalue weighted by molar-refractivity contribution is -0.119. The third kappa shape index (κ3) is 3.95. The Morgan fingerprint density at radius 3 is 2.67 bits per heavy atom. The summed E-state index contributed by atoms with van der Waals surface area (Å²) in [7, 11) is 0. The second-order valence-electron chi connectivity index (χ2n) is 2.69. The highest BCUT2D eigenvalue weighted by molar-refractivity contribution is 5.97. The second kappa shape index (κ2) is 5.57. The molecule has 0 aliphatic heterocycles. The minimum absolute atomic E-state index is 0.0315. The largest absolute Gasteiger partial charge is 0.481 e. The summed E-state index contributed by atoms with van der Waals surface area (Å²) in [5, 5.41) is 7.28. The van der Waals surface area contributed by atoms with Gasteiger partial charge in [-0.1, -0.05) is 13.3 Å². The van der Waals surface area contributed by atoms with Crippen molar-refractivity contribution in [3.05, 3.63) is 0 Å².